The Morgan fingerprint density at radius 3 is 2.44 bits per heavy atom. The first kappa shape index (κ1) is 18.9. The van der Waals surface area contributed by atoms with E-state index in [0.717, 1.165) is 29.5 Å². The van der Waals surface area contributed by atoms with E-state index < -0.39 is 0 Å². The normalized spacial score (nSPS) is 11.4. The SMILES string of the molecule is CCc1ccc(N/C=C(/Br)c2c(C#N)c(=O)[nH]c3ccc(CC)cc23)cc1. The summed E-state index contributed by atoms with van der Waals surface area (Å²) in [6.07, 6.45) is 3.64. The molecule has 3 aromatic rings. The molecule has 2 aromatic carbocycles. The van der Waals surface area contributed by atoms with E-state index in [1.54, 1.807) is 6.20 Å². The number of aromatic nitrogens is 1. The van der Waals surface area contributed by atoms with Crippen molar-refractivity contribution in [3.05, 3.63) is 81.3 Å². The second-order valence-corrected chi connectivity index (χ2v) is 7.09. The van der Waals surface area contributed by atoms with E-state index in [9.17, 15) is 10.1 Å². The Balaban J connectivity index is 2.09. The van der Waals surface area contributed by atoms with Crippen LogP contribution in [0.3, 0.4) is 0 Å². The van der Waals surface area contributed by atoms with E-state index in [-0.39, 0.29) is 11.1 Å². The minimum absolute atomic E-state index is 0.0991. The second-order valence-electron chi connectivity index (χ2n) is 6.24. The van der Waals surface area contributed by atoms with Crippen LogP contribution in [0.1, 0.15) is 36.1 Å². The van der Waals surface area contributed by atoms with Crippen LogP contribution in [-0.4, -0.2) is 4.98 Å². The van der Waals surface area contributed by atoms with Gasteiger partial charge in [0.05, 0.1) is 0 Å². The van der Waals surface area contributed by atoms with Crippen molar-refractivity contribution in [3.8, 4) is 6.07 Å². The van der Waals surface area contributed by atoms with Crippen molar-refractivity contribution in [2.75, 3.05) is 5.32 Å². The van der Waals surface area contributed by atoms with Gasteiger partial charge < -0.3 is 10.3 Å². The number of hydrogen-bond acceptors (Lipinski definition) is 3. The molecule has 0 bridgehead atoms. The highest BCUT2D eigenvalue weighted by molar-refractivity contribution is 9.15. The summed E-state index contributed by atoms with van der Waals surface area (Å²) in [6, 6.07) is 16.1. The van der Waals surface area contributed by atoms with E-state index in [1.807, 2.05) is 36.4 Å². The Bertz CT molecular complexity index is 1110. The van der Waals surface area contributed by atoms with Gasteiger partial charge in [0.15, 0.2) is 0 Å². The molecule has 5 heteroatoms. The first-order valence-electron chi connectivity index (χ1n) is 8.87. The first-order chi connectivity index (χ1) is 13.1. The van der Waals surface area contributed by atoms with Gasteiger partial charge in [-0.3, -0.25) is 4.79 Å². The Morgan fingerprint density at radius 1 is 1.15 bits per heavy atom. The summed E-state index contributed by atoms with van der Waals surface area (Å²) in [5.74, 6) is 0. The summed E-state index contributed by atoms with van der Waals surface area (Å²) in [5.41, 5.74) is 4.37. The molecule has 2 N–H and O–H groups in total. The Morgan fingerprint density at radius 2 is 1.81 bits per heavy atom. The van der Waals surface area contributed by atoms with Gasteiger partial charge in [-0.1, -0.05) is 32.0 Å². The lowest BCUT2D eigenvalue weighted by Crippen LogP contribution is -2.13. The molecule has 0 amide bonds. The molecule has 136 valence electrons. The molecule has 0 saturated heterocycles. The topological polar surface area (TPSA) is 68.7 Å². The maximum Gasteiger partial charge on any atom is 0.267 e. The van der Waals surface area contributed by atoms with Gasteiger partial charge in [-0.15, -0.1) is 0 Å². The largest absolute Gasteiger partial charge is 0.361 e. The van der Waals surface area contributed by atoms with E-state index in [2.05, 4.69) is 52.2 Å². The van der Waals surface area contributed by atoms with Crippen molar-refractivity contribution < 1.29 is 0 Å². The zero-order valence-electron chi connectivity index (χ0n) is 15.3. The first-order valence-corrected chi connectivity index (χ1v) is 9.67. The third-order valence-corrected chi connectivity index (χ3v) is 5.19. The zero-order valence-corrected chi connectivity index (χ0v) is 16.9. The predicted molar refractivity (Wildman–Crippen MR) is 115 cm³/mol. The van der Waals surface area contributed by atoms with Crippen molar-refractivity contribution >= 4 is 37.0 Å². The van der Waals surface area contributed by atoms with Crippen LogP contribution in [0.5, 0.6) is 0 Å². The molecule has 0 spiro atoms. The average Bonchev–Trinajstić information content (AvgIpc) is 2.71. The molecular weight excluding hydrogens is 402 g/mol. The van der Waals surface area contributed by atoms with Crippen LogP contribution < -0.4 is 10.9 Å². The molecule has 0 radical (unpaired) electrons. The standard InChI is InChI=1S/C22H20BrN3O/c1-3-14-5-8-16(9-6-14)25-13-19(23)21-17-11-15(4-2)7-10-20(17)26-22(27)18(21)12-24/h5-11,13,25H,3-4H2,1-2H3,(H,26,27)/b19-13+. The number of hydrogen-bond donors (Lipinski definition) is 2. The van der Waals surface area contributed by atoms with Crippen LogP contribution in [0.15, 0.2) is 53.5 Å². The molecule has 1 heterocycles. The Hall–Kier alpha value is -2.84. The molecule has 1 aromatic heterocycles. The number of aromatic amines is 1. The highest BCUT2D eigenvalue weighted by Gasteiger charge is 2.15. The number of aryl methyl sites for hydroxylation is 2. The van der Waals surface area contributed by atoms with Crippen LogP contribution in [0.2, 0.25) is 0 Å². The summed E-state index contributed by atoms with van der Waals surface area (Å²) in [5, 5.41) is 13.6. The summed E-state index contributed by atoms with van der Waals surface area (Å²) < 4.78 is 0.656. The van der Waals surface area contributed by atoms with E-state index in [0.29, 0.717) is 15.6 Å². The second kappa shape index (κ2) is 8.24. The lowest BCUT2D eigenvalue weighted by atomic mass is 10.0. The van der Waals surface area contributed by atoms with Crippen LogP contribution >= 0.6 is 15.9 Å². The molecule has 0 unspecified atom stereocenters. The Kier molecular flexibility index (Phi) is 5.78. The number of benzene rings is 2. The molecule has 0 atom stereocenters. The minimum Gasteiger partial charge on any atom is -0.361 e. The van der Waals surface area contributed by atoms with Crippen LogP contribution in [0.25, 0.3) is 15.4 Å². The summed E-state index contributed by atoms with van der Waals surface area (Å²) in [4.78, 5) is 15.1. The van der Waals surface area contributed by atoms with E-state index in [4.69, 9.17) is 0 Å². The van der Waals surface area contributed by atoms with Gasteiger partial charge in [-0.05, 0) is 64.2 Å². The monoisotopic (exact) mass is 421 g/mol. The van der Waals surface area contributed by atoms with Crippen LogP contribution in [0.4, 0.5) is 5.69 Å². The molecule has 0 aliphatic heterocycles. The van der Waals surface area contributed by atoms with Crippen molar-refractivity contribution in [3.63, 3.8) is 0 Å². The quantitative estimate of drug-likeness (QED) is 0.584. The van der Waals surface area contributed by atoms with E-state index >= 15 is 0 Å². The number of rotatable bonds is 5. The highest BCUT2D eigenvalue weighted by atomic mass is 79.9. The lowest BCUT2D eigenvalue weighted by molar-refractivity contribution is 1.14. The number of nitrogens with zero attached hydrogens (tertiary/aromatic N) is 1. The van der Waals surface area contributed by atoms with Gasteiger partial charge in [0.25, 0.3) is 5.56 Å². The molecule has 0 saturated carbocycles. The fourth-order valence-corrected chi connectivity index (χ4v) is 3.50. The predicted octanol–water partition coefficient (Wildman–Crippen LogP) is 5.33. The zero-order chi connectivity index (χ0) is 19.4. The van der Waals surface area contributed by atoms with Gasteiger partial charge in [-0.2, -0.15) is 5.26 Å². The van der Waals surface area contributed by atoms with Crippen molar-refractivity contribution in [1.82, 2.24) is 4.98 Å². The number of nitrogens with one attached hydrogen (secondary N) is 2. The molecule has 3 rings (SSSR count). The van der Waals surface area contributed by atoms with Crippen molar-refractivity contribution in [1.29, 1.82) is 5.26 Å². The number of fused-ring (bicyclic) bond motifs is 1. The van der Waals surface area contributed by atoms with Gasteiger partial charge in [0, 0.05) is 32.8 Å². The minimum atomic E-state index is -0.387. The Labute approximate surface area is 166 Å². The molecule has 0 aliphatic carbocycles. The van der Waals surface area contributed by atoms with Gasteiger partial charge >= 0.3 is 0 Å². The smallest absolute Gasteiger partial charge is 0.267 e. The number of nitriles is 1. The number of anilines is 1. The van der Waals surface area contributed by atoms with Gasteiger partial charge in [-0.25, -0.2) is 0 Å². The van der Waals surface area contributed by atoms with Crippen LogP contribution in [0, 0.1) is 11.3 Å². The molecule has 27 heavy (non-hydrogen) atoms. The molecular formula is C22H20BrN3O. The fourth-order valence-electron chi connectivity index (χ4n) is 2.97. The van der Waals surface area contributed by atoms with Gasteiger partial charge in [0.1, 0.15) is 11.6 Å². The molecule has 0 fully saturated rings. The maximum atomic E-state index is 12.3. The molecule has 0 aliphatic rings. The van der Waals surface area contributed by atoms with E-state index in [1.165, 1.54) is 5.56 Å². The third kappa shape index (κ3) is 3.96. The number of halogens is 1. The maximum absolute atomic E-state index is 12.3. The summed E-state index contributed by atoms with van der Waals surface area (Å²) >= 11 is 3.56. The summed E-state index contributed by atoms with van der Waals surface area (Å²) in [7, 11) is 0. The van der Waals surface area contributed by atoms with Crippen molar-refractivity contribution in [2.24, 2.45) is 0 Å². The van der Waals surface area contributed by atoms with Crippen LogP contribution in [-0.2, 0) is 12.8 Å². The number of H-pyrrole nitrogens is 1. The lowest BCUT2D eigenvalue weighted by Gasteiger charge is -2.10. The fraction of sp³-hybridized carbons (Fsp3) is 0.182. The summed E-state index contributed by atoms with van der Waals surface area (Å²) in [6.45, 7) is 4.19. The number of pyridine rings is 1. The molecule has 4 nitrogen and oxygen atoms in total. The van der Waals surface area contributed by atoms with Crippen molar-refractivity contribution in [2.45, 2.75) is 26.7 Å². The third-order valence-electron chi connectivity index (χ3n) is 4.57. The van der Waals surface area contributed by atoms with Gasteiger partial charge in [0.2, 0.25) is 0 Å². The average molecular weight is 422 g/mol. The highest BCUT2D eigenvalue weighted by Crippen LogP contribution is 2.30.